The van der Waals surface area contributed by atoms with Crippen LogP contribution in [0.3, 0.4) is 0 Å². The smallest absolute Gasteiger partial charge is 0.243 e. The quantitative estimate of drug-likeness (QED) is 0.902. The average molecular weight is 335 g/mol. The summed E-state index contributed by atoms with van der Waals surface area (Å²) in [6.07, 6.45) is 2.14. The van der Waals surface area contributed by atoms with E-state index in [9.17, 15) is 4.79 Å². The first-order chi connectivity index (χ1) is 10.6. The number of carbonyl (C=O) groups excluding carboxylic acids is 1. The molecule has 3 nitrogen and oxygen atoms in total. The minimum Gasteiger partial charge on any atom is -0.362 e. The molecule has 2 aromatic carbocycles. The number of halogens is 2. The van der Waals surface area contributed by atoms with Gasteiger partial charge < -0.3 is 10.2 Å². The van der Waals surface area contributed by atoms with Gasteiger partial charge in [0.2, 0.25) is 5.91 Å². The number of amides is 1. The van der Waals surface area contributed by atoms with Gasteiger partial charge in [0.15, 0.2) is 0 Å². The molecule has 1 N–H and O–H groups in total. The molecule has 2 aromatic rings. The fourth-order valence-electron chi connectivity index (χ4n) is 2.72. The third-order valence-corrected chi connectivity index (χ3v) is 4.48. The number of nitrogens with zero attached hydrogens (tertiary/aromatic N) is 1. The molecular formula is C17H16Cl2N2O. The highest BCUT2D eigenvalue weighted by Gasteiger charge is 2.18. The van der Waals surface area contributed by atoms with E-state index in [0.29, 0.717) is 22.3 Å². The van der Waals surface area contributed by atoms with Crippen LogP contribution >= 0.6 is 23.2 Å². The lowest BCUT2D eigenvalue weighted by Gasteiger charge is -2.30. The van der Waals surface area contributed by atoms with Gasteiger partial charge in [0, 0.05) is 17.9 Å². The predicted octanol–water partition coefficient (Wildman–Crippen LogP) is 4.38. The van der Waals surface area contributed by atoms with Crippen molar-refractivity contribution in [2.75, 3.05) is 23.3 Å². The molecular weight excluding hydrogens is 319 g/mol. The summed E-state index contributed by atoms with van der Waals surface area (Å²) < 4.78 is 0. The zero-order valence-electron chi connectivity index (χ0n) is 12.0. The van der Waals surface area contributed by atoms with Crippen LogP contribution in [0, 0.1) is 0 Å². The second-order valence-corrected chi connectivity index (χ2v) is 6.15. The van der Waals surface area contributed by atoms with Crippen LogP contribution < -0.4 is 10.2 Å². The average Bonchev–Trinajstić information content (AvgIpc) is 2.51. The van der Waals surface area contributed by atoms with Crippen molar-refractivity contribution in [2.24, 2.45) is 0 Å². The molecule has 114 valence electrons. The summed E-state index contributed by atoms with van der Waals surface area (Å²) in [5, 5.41) is 3.77. The fraction of sp³-hybridized carbons (Fsp3) is 0.235. The molecule has 0 bridgehead atoms. The molecule has 3 rings (SSSR count). The van der Waals surface area contributed by atoms with Gasteiger partial charge in [-0.05, 0) is 42.7 Å². The van der Waals surface area contributed by atoms with E-state index in [1.54, 1.807) is 18.2 Å². The Balaban J connectivity index is 1.69. The fourth-order valence-corrected chi connectivity index (χ4v) is 3.02. The standard InChI is InChI=1S/C17H16Cl2N2O/c18-14-8-7-13(10-15(14)19)20-17(22)11-21-9-3-5-12-4-1-2-6-16(12)21/h1-2,4,6-8,10H,3,5,9,11H2,(H,20,22). The predicted molar refractivity (Wildman–Crippen MR) is 92.1 cm³/mol. The number of fused-ring (bicyclic) bond motifs is 1. The van der Waals surface area contributed by atoms with Gasteiger partial charge in [-0.3, -0.25) is 4.79 Å². The summed E-state index contributed by atoms with van der Waals surface area (Å²) in [7, 11) is 0. The molecule has 0 unspecified atom stereocenters. The lowest BCUT2D eigenvalue weighted by molar-refractivity contribution is -0.115. The third kappa shape index (κ3) is 3.37. The van der Waals surface area contributed by atoms with Crippen LogP contribution in [-0.4, -0.2) is 19.0 Å². The van der Waals surface area contributed by atoms with Crippen LogP contribution in [0.5, 0.6) is 0 Å². The molecule has 0 aromatic heterocycles. The molecule has 1 aliphatic heterocycles. The van der Waals surface area contributed by atoms with Crippen molar-refractivity contribution in [3.8, 4) is 0 Å². The molecule has 22 heavy (non-hydrogen) atoms. The highest BCUT2D eigenvalue weighted by molar-refractivity contribution is 6.42. The number of hydrogen-bond acceptors (Lipinski definition) is 2. The van der Waals surface area contributed by atoms with E-state index in [1.165, 1.54) is 5.56 Å². The van der Waals surface area contributed by atoms with Crippen molar-refractivity contribution < 1.29 is 4.79 Å². The van der Waals surface area contributed by atoms with E-state index < -0.39 is 0 Å². The van der Waals surface area contributed by atoms with Gasteiger partial charge in [-0.15, -0.1) is 0 Å². The van der Waals surface area contributed by atoms with E-state index >= 15 is 0 Å². The Labute approximate surface area is 139 Å². The summed E-state index contributed by atoms with van der Waals surface area (Å²) in [4.78, 5) is 14.4. The highest BCUT2D eigenvalue weighted by Crippen LogP contribution is 2.27. The van der Waals surface area contributed by atoms with Crippen LogP contribution in [0.2, 0.25) is 10.0 Å². The first-order valence-corrected chi connectivity index (χ1v) is 7.97. The van der Waals surface area contributed by atoms with E-state index in [4.69, 9.17) is 23.2 Å². The van der Waals surface area contributed by atoms with Gasteiger partial charge in [0.1, 0.15) is 0 Å². The third-order valence-electron chi connectivity index (χ3n) is 3.74. The zero-order valence-corrected chi connectivity index (χ0v) is 13.5. The molecule has 0 radical (unpaired) electrons. The Morgan fingerprint density at radius 1 is 1.14 bits per heavy atom. The topological polar surface area (TPSA) is 32.3 Å². The van der Waals surface area contributed by atoms with E-state index in [0.717, 1.165) is 25.1 Å². The Morgan fingerprint density at radius 2 is 1.95 bits per heavy atom. The summed E-state index contributed by atoms with van der Waals surface area (Å²) in [6, 6.07) is 13.3. The van der Waals surface area contributed by atoms with Crippen LogP contribution in [0.4, 0.5) is 11.4 Å². The Bertz CT molecular complexity index is 703. The van der Waals surface area contributed by atoms with Crippen LogP contribution in [0.1, 0.15) is 12.0 Å². The van der Waals surface area contributed by atoms with E-state index in [-0.39, 0.29) is 5.91 Å². The van der Waals surface area contributed by atoms with E-state index in [1.807, 2.05) is 12.1 Å². The number of aryl methyl sites for hydroxylation is 1. The maximum absolute atomic E-state index is 12.3. The normalized spacial score (nSPS) is 13.6. The second kappa shape index (κ2) is 6.59. The Hall–Kier alpha value is -1.71. The Kier molecular flexibility index (Phi) is 4.55. The highest BCUT2D eigenvalue weighted by atomic mass is 35.5. The molecule has 1 aliphatic rings. The first-order valence-electron chi connectivity index (χ1n) is 7.21. The van der Waals surface area contributed by atoms with Crippen LogP contribution in [0.25, 0.3) is 0 Å². The molecule has 0 atom stereocenters. The molecule has 0 aliphatic carbocycles. The van der Waals surface area contributed by atoms with Gasteiger partial charge in [0.05, 0.1) is 16.6 Å². The molecule has 1 heterocycles. The number of para-hydroxylation sites is 1. The van der Waals surface area contributed by atoms with Crippen molar-refractivity contribution in [1.82, 2.24) is 0 Å². The number of carbonyl (C=O) groups is 1. The SMILES string of the molecule is O=C(CN1CCCc2ccccc21)Nc1ccc(Cl)c(Cl)c1. The van der Waals surface area contributed by atoms with Crippen LogP contribution in [-0.2, 0) is 11.2 Å². The molecule has 0 saturated carbocycles. The van der Waals surface area contributed by atoms with E-state index in [2.05, 4.69) is 22.3 Å². The second-order valence-electron chi connectivity index (χ2n) is 5.33. The number of rotatable bonds is 3. The van der Waals surface area contributed by atoms with Gasteiger partial charge in [0.25, 0.3) is 0 Å². The largest absolute Gasteiger partial charge is 0.362 e. The van der Waals surface area contributed by atoms with Gasteiger partial charge in [-0.25, -0.2) is 0 Å². The molecule has 0 fully saturated rings. The minimum atomic E-state index is -0.0601. The molecule has 0 saturated heterocycles. The van der Waals surface area contributed by atoms with Gasteiger partial charge in [-0.2, -0.15) is 0 Å². The van der Waals surface area contributed by atoms with Crippen molar-refractivity contribution in [3.63, 3.8) is 0 Å². The lowest BCUT2D eigenvalue weighted by atomic mass is 10.0. The maximum Gasteiger partial charge on any atom is 0.243 e. The number of anilines is 2. The van der Waals surface area contributed by atoms with Crippen LogP contribution in [0.15, 0.2) is 42.5 Å². The van der Waals surface area contributed by atoms with Gasteiger partial charge in [-0.1, -0.05) is 41.4 Å². The lowest BCUT2D eigenvalue weighted by Crippen LogP contribution is -2.36. The monoisotopic (exact) mass is 334 g/mol. The summed E-state index contributed by atoms with van der Waals surface area (Å²) in [5.74, 6) is -0.0601. The minimum absolute atomic E-state index is 0.0601. The first kappa shape index (κ1) is 15.2. The summed E-state index contributed by atoms with van der Waals surface area (Å²) >= 11 is 11.8. The Morgan fingerprint density at radius 3 is 2.77 bits per heavy atom. The zero-order chi connectivity index (χ0) is 15.5. The molecule has 1 amide bonds. The van der Waals surface area contributed by atoms with Crippen molar-refractivity contribution in [3.05, 3.63) is 58.1 Å². The molecule has 0 spiro atoms. The number of benzene rings is 2. The maximum atomic E-state index is 12.3. The van der Waals surface area contributed by atoms with Gasteiger partial charge >= 0.3 is 0 Å². The molecule has 5 heteroatoms. The number of nitrogens with one attached hydrogen (secondary N) is 1. The van der Waals surface area contributed by atoms with Crippen molar-refractivity contribution in [2.45, 2.75) is 12.8 Å². The summed E-state index contributed by atoms with van der Waals surface area (Å²) in [6.45, 7) is 1.23. The summed E-state index contributed by atoms with van der Waals surface area (Å²) in [5.41, 5.74) is 3.11. The van der Waals surface area contributed by atoms with Crippen molar-refractivity contribution >= 4 is 40.5 Å². The number of hydrogen-bond donors (Lipinski definition) is 1. The van der Waals surface area contributed by atoms with Crippen molar-refractivity contribution in [1.29, 1.82) is 0 Å².